The van der Waals surface area contributed by atoms with Gasteiger partial charge >= 0.3 is 5.97 Å². The van der Waals surface area contributed by atoms with Gasteiger partial charge in [0.2, 0.25) is 0 Å². The third kappa shape index (κ3) is 3.26. The second kappa shape index (κ2) is 7.46. The molecule has 0 N–H and O–H groups in total. The third-order valence-corrected chi connectivity index (χ3v) is 5.28. The number of ether oxygens (including phenoxy) is 2. The first-order chi connectivity index (χ1) is 13.6. The average molecular weight is 379 g/mol. The molecule has 144 valence electrons. The van der Waals surface area contributed by atoms with Crippen LogP contribution in [0.2, 0.25) is 0 Å². The van der Waals surface area contributed by atoms with E-state index in [2.05, 4.69) is 0 Å². The summed E-state index contributed by atoms with van der Waals surface area (Å²) in [5.41, 5.74) is 1.26. The van der Waals surface area contributed by atoms with E-state index in [1.807, 2.05) is 0 Å². The Hall–Kier alpha value is -3.15. The highest BCUT2D eigenvalue weighted by Crippen LogP contribution is 2.30. The summed E-state index contributed by atoms with van der Waals surface area (Å²) in [6.45, 7) is 0. The van der Waals surface area contributed by atoms with Gasteiger partial charge in [-0.3, -0.25) is 9.59 Å². The van der Waals surface area contributed by atoms with E-state index in [1.165, 1.54) is 18.6 Å². The monoisotopic (exact) mass is 379 g/mol. The zero-order valence-corrected chi connectivity index (χ0v) is 15.6. The third-order valence-electron chi connectivity index (χ3n) is 5.28. The largest absolute Gasteiger partial charge is 0.497 e. The molecule has 0 radical (unpaired) electrons. The minimum atomic E-state index is -0.447. The number of rotatable bonds is 4. The van der Waals surface area contributed by atoms with Gasteiger partial charge in [0, 0.05) is 0 Å². The maximum atomic E-state index is 12.8. The molecule has 2 aliphatic rings. The van der Waals surface area contributed by atoms with Crippen LogP contribution in [0.3, 0.4) is 0 Å². The van der Waals surface area contributed by atoms with E-state index >= 15 is 0 Å². The summed E-state index contributed by atoms with van der Waals surface area (Å²) in [4.78, 5) is 39.2. The number of hydrogen-bond acceptors (Lipinski definition) is 5. The number of amides is 2. The van der Waals surface area contributed by atoms with Gasteiger partial charge in [-0.1, -0.05) is 6.42 Å². The Morgan fingerprint density at radius 2 is 1.61 bits per heavy atom. The van der Waals surface area contributed by atoms with Crippen molar-refractivity contribution < 1.29 is 23.9 Å². The molecule has 2 amide bonds. The maximum Gasteiger partial charge on any atom is 0.338 e. The fourth-order valence-electron chi connectivity index (χ4n) is 3.74. The van der Waals surface area contributed by atoms with E-state index in [4.69, 9.17) is 9.47 Å². The molecule has 6 heteroatoms. The summed E-state index contributed by atoms with van der Waals surface area (Å²) < 4.78 is 10.7. The van der Waals surface area contributed by atoms with Gasteiger partial charge in [-0.25, -0.2) is 9.69 Å². The molecule has 0 unspecified atom stereocenters. The minimum Gasteiger partial charge on any atom is -0.497 e. The number of fused-ring (bicyclic) bond motifs is 1. The lowest BCUT2D eigenvalue weighted by molar-refractivity contribution is 0.0211. The van der Waals surface area contributed by atoms with Crippen molar-refractivity contribution in [3.05, 3.63) is 59.2 Å². The molecule has 1 fully saturated rings. The van der Waals surface area contributed by atoms with Crippen LogP contribution in [0.5, 0.6) is 5.75 Å². The van der Waals surface area contributed by atoms with Crippen molar-refractivity contribution in [1.29, 1.82) is 0 Å². The minimum absolute atomic E-state index is 0.0670. The van der Waals surface area contributed by atoms with E-state index < -0.39 is 17.8 Å². The molecular formula is C22H21NO5. The van der Waals surface area contributed by atoms with Crippen LogP contribution in [-0.4, -0.2) is 31.0 Å². The molecule has 1 aliphatic heterocycles. The van der Waals surface area contributed by atoms with Gasteiger partial charge in [0.25, 0.3) is 11.8 Å². The molecule has 1 heterocycles. The van der Waals surface area contributed by atoms with Gasteiger partial charge < -0.3 is 9.47 Å². The molecule has 1 aliphatic carbocycles. The van der Waals surface area contributed by atoms with E-state index in [0.717, 1.165) is 30.6 Å². The van der Waals surface area contributed by atoms with Crippen LogP contribution in [0.25, 0.3) is 0 Å². The Balaban J connectivity index is 1.57. The van der Waals surface area contributed by atoms with Gasteiger partial charge in [0.1, 0.15) is 11.9 Å². The summed E-state index contributed by atoms with van der Waals surface area (Å²) in [6, 6.07) is 11.2. The van der Waals surface area contributed by atoms with Crippen LogP contribution < -0.4 is 9.64 Å². The Morgan fingerprint density at radius 3 is 2.29 bits per heavy atom. The Morgan fingerprint density at radius 1 is 0.929 bits per heavy atom. The van der Waals surface area contributed by atoms with Crippen molar-refractivity contribution >= 4 is 23.5 Å². The maximum absolute atomic E-state index is 12.8. The molecule has 0 atom stereocenters. The summed E-state index contributed by atoms with van der Waals surface area (Å²) in [5.74, 6) is -0.666. The van der Waals surface area contributed by atoms with Crippen LogP contribution in [0, 0.1) is 0 Å². The standard InChI is InChI=1S/C22H21NO5/c1-27-16-10-8-15(9-11-16)23-20(24)18-12-7-14(13-19(18)21(23)25)22(26)28-17-5-3-2-4-6-17/h7-13,17H,2-6H2,1H3. The lowest BCUT2D eigenvalue weighted by Crippen LogP contribution is -2.29. The average Bonchev–Trinajstić information content (AvgIpc) is 2.98. The molecule has 0 spiro atoms. The van der Waals surface area contributed by atoms with Gasteiger partial charge in [-0.2, -0.15) is 0 Å². The van der Waals surface area contributed by atoms with E-state index in [1.54, 1.807) is 37.4 Å². The van der Waals surface area contributed by atoms with Crippen LogP contribution in [0.1, 0.15) is 63.2 Å². The van der Waals surface area contributed by atoms with Crippen LogP contribution >= 0.6 is 0 Å². The molecule has 2 aromatic rings. The molecule has 2 aromatic carbocycles. The highest BCUT2D eigenvalue weighted by molar-refractivity contribution is 6.34. The molecule has 28 heavy (non-hydrogen) atoms. The summed E-state index contributed by atoms with van der Waals surface area (Å²) >= 11 is 0. The number of nitrogens with zero attached hydrogens (tertiary/aromatic N) is 1. The Kier molecular flexibility index (Phi) is 4.86. The second-order valence-corrected chi connectivity index (χ2v) is 7.07. The number of anilines is 1. The second-order valence-electron chi connectivity index (χ2n) is 7.07. The van der Waals surface area contributed by atoms with Crippen molar-refractivity contribution in [3.63, 3.8) is 0 Å². The number of imide groups is 1. The molecule has 0 aromatic heterocycles. The Bertz CT molecular complexity index is 928. The van der Waals surface area contributed by atoms with Crippen LogP contribution in [0.4, 0.5) is 5.69 Å². The predicted molar refractivity (Wildman–Crippen MR) is 103 cm³/mol. The normalized spacial score (nSPS) is 16.8. The van der Waals surface area contributed by atoms with Crippen molar-refractivity contribution in [2.24, 2.45) is 0 Å². The van der Waals surface area contributed by atoms with E-state index in [9.17, 15) is 14.4 Å². The molecule has 0 saturated heterocycles. The number of carbonyl (C=O) groups excluding carboxylic acids is 3. The molecule has 0 bridgehead atoms. The fraction of sp³-hybridized carbons (Fsp3) is 0.318. The van der Waals surface area contributed by atoms with E-state index in [-0.39, 0.29) is 17.2 Å². The van der Waals surface area contributed by atoms with Crippen molar-refractivity contribution in [3.8, 4) is 5.75 Å². The van der Waals surface area contributed by atoms with Crippen molar-refractivity contribution in [2.45, 2.75) is 38.2 Å². The lowest BCUT2D eigenvalue weighted by Gasteiger charge is -2.21. The number of benzene rings is 2. The fourth-order valence-corrected chi connectivity index (χ4v) is 3.74. The van der Waals surface area contributed by atoms with E-state index in [0.29, 0.717) is 17.0 Å². The number of carbonyl (C=O) groups is 3. The summed E-state index contributed by atoms with van der Waals surface area (Å²) in [5, 5.41) is 0. The van der Waals surface area contributed by atoms with Gasteiger partial charge in [0.05, 0.1) is 29.5 Å². The highest BCUT2D eigenvalue weighted by atomic mass is 16.5. The molecule has 1 saturated carbocycles. The first-order valence-electron chi connectivity index (χ1n) is 9.46. The zero-order chi connectivity index (χ0) is 19.7. The lowest BCUT2D eigenvalue weighted by atomic mass is 9.97. The number of esters is 1. The van der Waals surface area contributed by atoms with Crippen molar-refractivity contribution in [2.75, 3.05) is 12.0 Å². The first-order valence-corrected chi connectivity index (χ1v) is 9.46. The topological polar surface area (TPSA) is 72.9 Å². The predicted octanol–water partition coefficient (Wildman–Crippen LogP) is 3.99. The molecular weight excluding hydrogens is 358 g/mol. The first kappa shape index (κ1) is 18.2. The summed E-state index contributed by atoms with van der Waals surface area (Å²) in [7, 11) is 1.55. The quantitative estimate of drug-likeness (QED) is 0.593. The number of hydrogen-bond donors (Lipinski definition) is 0. The summed E-state index contributed by atoms with van der Waals surface area (Å²) in [6.07, 6.45) is 4.98. The van der Waals surface area contributed by atoms with Crippen molar-refractivity contribution in [1.82, 2.24) is 0 Å². The molecule has 4 rings (SSSR count). The highest BCUT2D eigenvalue weighted by Gasteiger charge is 2.37. The SMILES string of the molecule is COc1ccc(N2C(=O)c3ccc(C(=O)OC4CCCCC4)cc3C2=O)cc1. The zero-order valence-electron chi connectivity index (χ0n) is 15.6. The smallest absolute Gasteiger partial charge is 0.338 e. The van der Waals surface area contributed by atoms with Crippen LogP contribution in [0.15, 0.2) is 42.5 Å². The van der Waals surface area contributed by atoms with Crippen LogP contribution in [-0.2, 0) is 4.74 Å². The van der Waals surface area contributed by atoms with Gasteiger partial charge in [0.15, 0.2) is 0 Å². The van der Waals surface area contributed by atoms with Gasteiger partial charge in [-0.15, -0.1) is 0 Å². The number of methoxy groups -OCH3 is 1. The molecule has 6 nitrogen and oxygen atoms in total. The van der Waals surface area contributed by atoms with Gasteiger partial charge in [-0.05, 0) is 68.1 Å². The Labute approximate surface area is 163 Å².